The summed E-state index contributed by atoms with van der Waals surface area (Å²) < 4.78 is 13.5. The number of amides is 1. The van der Waals surface area contributed by atoms with E-state index in [1.165, 1.54) is 11.1 Å². The van der Waals surface area contributed by atoms with E-state index in [-0.39, 0.29) is 24.0 Å². The monoisotopic (exact) mass is 552 g/mol. The Morgan fingerprint density at radius 1 is 1.14 bits per heavy atom. The van der Waals surface area contributed by atoms with Gasteiger partial charge in [-0.05, 0) is 43.2 Å². The number of halogens is 1. The molecule has 2 heterocycles. The van der Waals surface area contributed by atoms with Crippen LogP contribution in [0.1, 0.15) is 49.4 Å². The molecule has 0 atom stereocenters. The average molecular weight is 553 g/mol. The summed E-state index contributed by atoms with van der Waals surface area (Å²) >= 11 is 3.50. The predicted molar refractivity (Wildman–Crippen MR) is 142 cm³/mol. The molecule has 0 unspecified atom stereocenters. The Morgan fingerprint density at radius 2 is 1.92 bits per heavy atom. The van der Waals surface area contributed by atoms with Crippen LogP contribution in [-0.4, -0.2) is 59.6 Å². The topological polar surface area (TPSA) is 86.0 Å². The Labute approximate surface area is 218 Å². The van der Waals surface area contributed by atoms with Gasteiger partial charge >= 0.3 is 0 Å². The molecule has 2 aromatic carbocycles. The zero-order valence-corrected chi connectivity index (χ0v) is 21.7. The molecule has 0 radical (unpaired) electrons. The van der Waals surface area contributed by atoms with Crippen LogP contribution in [0.3, 0.4) is 0 Å². The Balaban J connectivity index is 1.46. The van der Waals surface area contributed by atoms with Crippen LogP contribution in [-0.2, 0) is 9.53 Å². The minimum atomic E-state index is -0.183. The van der Waals surface area contributed by atoms with Crippen molar-refractivity contribution in [3.8, 4) is 5.75 Å². The minimum Gasteiger partial charge on any atom is -0.483 e. The number of hydrogen-bond donors (Lipinski definition) is 0. The van der Waals surface area contributed by atoms with Gasteiger partial charge in [-0.3, -0.25) is 9.59 Å². The lowest BCUT2D eigenvalue weighted by Crippen LogP contribution is -2.43. The first-order valence-corrected chi connectivity index (χ1v) is 13.2. The van der Waals surface area contributed by atoms with Crippen LogP contribution < -0.4 is 10.3 Å². The molecular weight excluding hydrogens is 524 g/mol. The molecule has 36 heavy (non-hydrogen) atoms. The molecule has 188 valence electrons. The molecule has 2 fully saturated rings. The lowest BCUT2D eigenvalue weighted by molar-refractivity contribution is -0.137. The third kappa shape index (κ3) is 5.52. The zero-order chi connectivity index (χ0) is 24.9. The fourth-order valence-corrected chi connectivity index (χ4v) is 5.17. The molecular formula is C27H29BrN4O4. The summed E-state index contributed by atoms with van der Waals surface area (Å²) in [5.74, 6) is 1.33. The van der Waals surface area contributed by atoms with E-state index in [9.17, 15) is 9.59 Å². The highest BCUT2D eigenvalue weighted by atomic mass is 79.9. The Hall–Kier alpha value is -3.04. The average Bonchev–Trinajstić information content (AvgIpc) is 2.92. The van der Waals surface area contributed by atoms with Crippen molar-refractivity contribution in [3.05, 3.63) is 68.7 Å². The zero-order valence-electron chi connectivity index (χ0n) is 20.1. The molecule has 1 aromatic heterocycles. The summed E-state index contributed by atoms with van der Waals surface area (Å²) in [6.07, 6.45) is 7.06. The first-order chi connectivity index (χ1) is 17.6. The van der Waals surface area contributed by atoms with Crippen LogP contribution >= 0.6 is 15.9 Å². The van der Waals surface area contributed by atoms with Crippen molar-refractivity contribution >= 4 is 39.0 Å². The van der Waals surface area contributed by atoms with Crippen LogP contribution in [0.25, 0.3) is 10.9 Å². The molecule has 1 saturated carbocycles. The predicted octanol–water partition coefficient (Wildman–Crippen LogP) is 4.33. The molecule has 1 aliphatic heterocycles. The molecule has 8 nitrogen and oxygen atoms in total. The molecule has 9 heteroatoms. The lowest BCUT2D eigenvalue weighted by Gasteiger charge is -2.26. The van der Waals surface area contributed by atoms with E-state index in [1.807, 2.05) is 30.3 Å². The summed E-state index contributed by atoms with van der Waals surface area (Å²) in [7, 11) is 0. The third-order valence-corrected chi connectivity index (χ3v) is 7.24. The number of fused-ring (bicyclic) bond motifs is 1. The van der Waals surface area contributed by atoms with Crippen molar-refractivity contribution in [1.82, 2.24) is 14.6 Å². The number of carbonyl (C=O) groups excluding carboxylic acids is 1. The third-order valence-electron chi connectivity index (χ3n) is 6.75. The van der Waals surface area contributed by atoms with E-state index in [2.05, 4.69) is 21.0 Å². The molecule has 0 bridgehead atoms. The Bertz CT molecular complexity index is 1330. The van der Waals surface area contributed by atoms with Gasteiger partial charge in [-0.25, -0.2) is 4.98 Å². The van der Waals surface area contributed by atoms with Gasteiger partial charge in [0.2, 0.25) is 0 Å². The van der Waals surface area contributed by atoms with E-state index in [1.54, 1.807) is 23.2 Å². The number of benzene rings is 2. The normalized spacial score (nSPS) is 17.1. The van der Waals surface area contributed by atoms with Gasteiger partial charge in [-0.1, -0.05) is 47.3 Å². The second-order valence-electron chi connectivity index (χ2n) is 9.15. The largest absolute Gasteiger partial charge is 0.483 e. The van der Waals surface area contributed by atoms with E-state index in [0.717, 1.165) is 30.2 Å². The SMILES string of the molecule is O=C(COc1ccc(Br)cc1C=Nn1c(C2CCCCC2)nc2ccccc2c1=O)N1CCOCC1. The molecule has 1 saturated heterocycles. The molecule has 0 N–H and O–H groups in total. The van der Waals surface area contributed by atoms with E-state index < -0.39 is 0 Å². The van der Waals surface area contributed by atoms with Crippen LogP contribution in [0, 0.1) is 0 Å². The minimum absolute atomic E-state index is 0.0761. The van der Waals surface area contributed by atoms with Crippen molar-refractivity contribution in [2.24, 2.45) is 5.10 Å². The molecule has 2 aliphatic rings. The smallest absolute Gasteiger partial charge is 0.282 e. The number of rotatable bonds is 6. The Morgan fingerprint density at radius 3 is 2.72 bits per heavy atom. The summed E-state index contributed by atoms with van der Waals surface area (Å²) in [5, 5.41) is 5.16. The fraction of sp³-hybridized carbons (Fsp3) is 0.407. The van der Waals surface area contributed by atoms with Gasteiger partial charge in [0.25, 0.3) is 11.5 Å². The number of para-hydroxylation sites is 1. The van der Waals surface area contributed by atoms with Gasteiger partial charge in [0, 0.05) is 29.0 Å². The summed E-state index contributed by atoms with van der Waals surface area (Å²) in [6, 6.07) is 12.9. The quantitative estimate of drug-likeness (QED) is 0.425. The van der Waals surface area contributed by atoms with Crippen molar-refractivity contribution < 1.29 is 14.3 Å². The summed E-state index contributed by atoms with van der Waals surface area (Å²) in [6.45, 7) is 2.14. The summed E-state index contributed by atoms with van der Waals surface area (Å²) in [4.78, 5) is 32.6. The number of ether oxygens (including phenoxy) is 2. The number of morpholine rings is 1. The van der Waals surface area contributed by atoms with Crippen molar-refractivity contribution in [3.63, 3.8) is 0 Å². The van der Waals surface area contributed by atoms with Gasteiger partial charge in [-0.2, -0.15) is 9.78 Å². The van der Waals surface area contributed by atoms with Crippen LogP contribution in [0.2, 0.25) is 0 Å². The van der Waals surface area contributed by atoms with Crippen LogP contribution in [0.4, 0.5) is 0 Å². The van der Waals surface area contributed by atoms with Gasteiger partial charge < -0.3 is 14.4 Å². The maximum absolute atomic E-state index is 13.5. The lowest BCUT2D eigenvalue weighted by atomic mass is 9.88. The second kappa shape index (κ2) is 11.3. The van der Waals surface area contributed by atoms with Crippen LogP contribution in [0.5, 0.6) is 5.75 Å². The molecule has 1 amide bonds. The fourth-order valence-electron chi connectivity index (χ4n) is 4.79. The molecule has 0 spiro atoms. The van der Waals surface area contributed by atoms with E-state index in [0.29, 0.717) is 54.3 Å². The van der Waals surface area contributed by atoms with Crippen molar-refractivity contribution in [2.45, 2.75) is 38.0 Å². The van der Waals surface area contributed by atoms with E-state index >= 15 is 0 Å². The highest BCUT2D eigenvalue weighted by Crippen LogP contribution is 2.32. The first kappa shape index (κ1) is 24.6. The number of carbonyl (C=O) groups is 1. The van der Waals surface area contributed by atoms with Crippen LogP contribution in [0.15, 0.2) is 56.8 Å². The second-order valence-corrected chi connectivity index (χ2v) is 10.1. The summed E-state index contributed by atoms with van der Waals surface area (Å²) in [5.41, 5.74) is 1.17. The standard InChI is InChI=1S/C27H29BrN4O4/c28-21-10-11-24(36-18-25(33)31-12-14-35-15-13-31)20(16-21)17-29-32-26(19-6-2-1-3-7-19)30-23-9-5-4-8-22(23)27(32)34/h4-5,8-11,16-17,19H,1-3,6-7,12-15,18H2. The van der Waals surface area contributed by atoms with Crippen molar-refractivity contribution in [2.75, 3.05) is 32.9 Å². The highest BCUT2D eigenvalue weighted by molar-refractivity contribution is 9.10. The Kier molecular flexibility index (Phi) is 7.77. The molecule has 3 aromatic rings. The highest BCUT2D eigenvalue weighted by Gasteiger charge is 2.22. The maximum atomic E-state index is 13.5. The van der Waals surface area contributed by atoms with Gasteiger partial charge in [0.15, 0.2) is 6.61 Å². The number of hydrogen-bond acceptors (Lipinski definition) is 6. The van der Waals surface area contributed by atoms with Gasteiger partial charge in [0.05, 0.1) is 30.3 Å². The molecule has 1 aliphatic carbocycles. The number of nitrogens with zero attached hydrogens (tertiary/aromatic N) is 4. The number of aromatic nitrogens is 2. The first-order valence-electron chi connectivity index (χ1n) is 12.4. The van der Waals surface area contributed by atoms with Gasteiger partial charge in [-0.15, -0.1) is 0 Å². The maximum Gasteiger partial charge on any atom is 0.282 e. The van der Waals surface area contributed by atoms with E-state index in [4.69, 9.17) is 14.5 Å². The van der Waals surface area contributed by atoms with Gasteiger partial charge in [0.1, 0.15) is 11.6 Å². The molecule has 5 rings (SSSR count). The van der Waals surface area contributed by atoms with Crippen molar-refractivity contribution in [1.29, 1.82) is 0 Å².